The van der Waals surface area contributed by atoms with Crippen molar-refractivity contribution in [1.29, 1.82) is 0 Å². The van der Waals surface area contributed by atoms with E-state index in [0.29, 0.717) is 17.7 Å². The standard InChI is InChI=1S/C21H31N5O3/c1-20(2)9-12(21(3,4)26(20)28)11-29-13-8-16(23-10-13)19-24-15-7-5-6-14(18(22)27)17(15)25-19/h5-7,12-13,16,23,28H,8-11H2,1-4H3,(H2,22,27)(H,24,25). The quantitative estimate of drug-likeness (QED) is 0.611. The normalized spacial score (nSPS) is 28.9. The fourth-order valence-corrected chi connectivity index (χ4v) is 4.86. The highest BCUT2D eigenvalue weighted by molar-refractivity contribution is 6.04. The van der Waals surface area contributed by atoms with Crippen LogP contribution in [-0.2, 0) is 4.74 Å². The number of benzene rings is 1. The zero-order chi connectivity index (χ0) is 21.0. The van der Waals surface area contributed by atoms with Gasteiger partial charge in [0, 0.05) is 23.5 Å². The number of hydrogen-bond donors (Lipinski definition) is 4. The molecule has 0 aliphatic carbocycles. The lowest BCUT2D eigenvalue weighted by Crippen LogP contribution is -2.48. The highest BCUT2D eigenvalue weighted by Gasteiger charge is 2.51. The number of primary amides is 1. The van der Waals surface area contributed by atoms with Gasteiger partial charge in [-0.3, -0.25) is 4.79 Å². The zero-order valence-electron chi connectivity index (χ0n) is 17.5. The van der Waals surface area contributed by atoms with Crippen LogP contribution in [0, 0.1) is 5.92 Å². The molecule has 3 atom stereocenters. The molecule has 4 rings (SSSR count). The summed E-state index contributed by atoms with van der Waals surface area (Å²) in [5, 5.41) is 15.4. The molecule has 0 saturated carbocycles. The second-order valence-corrected chi connectivity index (χ2v) is 9.52. The molecule has 1 aromatic carbocycles. The summed E-state index contributed by atoms with van der Waals surface area (Å²) in [4.78, 5) is 19.6. The third-order valence-electron chi connectivity index (χ3n) is 6.61. The third-order valence-corrected chi connectivity index (χ3v) is 6.61. The number of para-hydroxylation sites is 1. The number of rotatable bonds is 5. The van der Waals surface area contributed by atoms with E-state index in [2.05, 4.69) is 43.0 Å². The molecular weight excluding hydrogens is 370 g/mol. The van der Waals surface area contributed by atoms with E-state index in [1.54, 1.807) is 12.1 Å². The Labute approximate surface area is 170 Å². The lowest BCUT2D eigenvalue weighted by atomic mass is 9.88. The Morgan fingerprint density at radius 3 is 2.79 bits per heavy atom. The Balaban J connectivity index is 1.41. The molecule has 0 radical (unpaired) electrons. The second-order valence-electron chi connectivity index (χ2n) is 9.52. The van der Waals surface area contributed by atoms with E-state index in [-0.39, 0.29) is 29.1 Å². The summed E-state index contributed by atoms with van der Waals surface area (Å²) in [6, 6.07) is 5.42. The number of amides is 1. The predicted octanol–water partition coefficient (Wildman–Crippen LogP) is 2.35. The van der Waals surface area contributed by atoms with E-state index in [1.807, 2.05) is 6.07 Å². The largest absolute Gasteiger partial charge is 0.376 e. The number of nitrogens with one attached hydrogen (secondary N) is 2. The summed E-state index contributed by atoms with van der Waals surface area (Å²) >= 11 is 0. The van der Waals surface area contributed by atoms with Crippen LogP contribution in [0.2, 0.25) is 0 Å². The van der Waals surface area contributed by atoms with E-state index in [0.717, 1.165) is 30.7 Å². The van der Waals surface area contributed by atoms with E-state index in [9.17, 15) is 10.0 Å². The van der Waals surface area contributed by atoms with Gasteiger partial charge in [0.2, 0.25) is 0 Å². The van der Waals surface area contributed by atoms with Crippen molar-refractivity contribution in [3.63, 3.8) is 0 Å². The van der Waals surface area contributed by atoms with Crippen LogP contribution in [0.15, 0.2) is 18.2 Å². The van der Waals surface area contributed by atoms with E-state index in [4.69, 9.17) is 10.5 Å². The average molecular weight is 402 g/mol. The van der Waals surface area contributed by atoms with Crippen LogP contribution in [0.3, 0.4) is 0 Å². The van der Waals surface area contributed by atoms with E-state index < -0.39 is 5.91 Å². The van der Waals surface area contributed by atoms with Gasteiger partial charge in [0.25, 0.3) is 5.91 Å². The van der Waals surface area contributed by atoms with E-state index in [1.165, 1.54) is 5.06 Å². The number of aromatic nitrogens is 2. The highest BCUT2D eigenvalue weighted by Crippen LogP contribution is 2.43. The number of ether oxygens (including phenoxy) is 1. The van der Waals surface area contributed by atoms with Crippen LogP contribution < -0.4 is 11.1 Å². The molecule has 8 heteroatoms. The molecule has 5 N–H and O–H groups in total. The van der Waals surface area contributed by atoms with Crippen LogP contribution in [0.4, 0.5) is 0 Å². The first-order valence-electron chi connectivity index (χ1n) is 10.2. The van der Waals surface area contributed by atoms with Gasteiger partial charge in [-0.25, -0.2) is 4.98 Å². The number of nitrogens with two attached hydrogens (primary N) is 1. The molecule has 0 bridgehead atoms. The second kappa shape index (κ2) is 7.05. The lowest BCUT2D eigenvalue weighted by molar-refractivity contribution is -0.199. The number of carbonyl (C=O) groups excluding carboxylic acids is 1. The number of hydrogen-bond acceptors (Lipinski definition) is 6. The summed E-state index contributed by atoms with van der Waals surface area (Å²) in [6.45, 7) is 9.60. The molecule has 29 heavy (non-hydrogen) atoms. The van der Waals surface area contributed by atoms with Gasteiger partial charge >= 0.3 is 0 Å². The van der Waals surface area contributed by atoms with Crippen LogP contribution in [0.1, 0.15) is 62.8 Å². The Morgan fingerprint density at radius 1 is 1.38 bits per heavy atom. The highest BCUT2D eigenvalue weighted by atomic mass is 16.5. The van der Waals surface area contributed by atoms with Gasteiger partial charge in [-0.15, -0.1) is 0 Å². The maximum Gasteiger partial charge on any atom is 0.250 e. The maximum absolute atomic E-state index is 11.6. The topological polar surface area (TPSA) is 116 Å². The number of nitrogens with zero attached hydrogens (tertiary/aromatic N) is 2. The van der Waals surface area contributed by atoms with Crippen molar-refractivity contribution >= 4 is 16.9 Å². The fourth-order valence-electron chi connectivity index (χ4n) is 4.86. The predicted molar refractivity (Wildman–Crippen MR) is 110 cm³/mol. The van der Waals surface area contributed by atoms with Crippen molar-refractivity contribution in [3.05, 3.63) is 29.6 Å². The number of H-pyrrole nitrogens is 1. The van der Waals surface area contributed by atoms with Gasteiger partial charge in [-0.1, -0.05) is 6.07 Å². The van der Waals surface area contributed by atoms with Crippen molar-refractivity contribution in [2.24, 2.45) is 11.7 Å². The molecule has 3 heterocycles. The zero-order valence-corrected chi connectivity index (χ0v) is 17.5. The van der Waals surface area contributed by atoms with Gasteiger partial charge in [0.05, 0.1) is 29.8 Å². The van der Waals surface area contributed by atoms with Crippen molar-refractivity contribution in [1.82, 2.24) is 20.3 Å². The number of imidazole rings is 1. The van der Waals surface area contributed by atoms with Gasteiger partial charge < -0.3 is 26.0 Å². The van der Waals surface area contributed by atoms with Crippen molar-refractivity contribution in [3.8, 4) is 0 Å². The first-order chi connectivity index (χ1) is 13.6. The molecular formula is C21H31N5O3. The minimum atomic E-state index is -0.478. The summed E-state index contributed by atoms with van der Waals surface area (Å²) in [7, 11) is 0. The molecule has 2 fully saturated rings. The fraction of sp³-hybridized carbons (Fsp3) is 0.619. The Kier molecular flexibility index (Phi) is 4.93. The van der Waals surface area contributed by atoms with Crippen LogP contribution in [-0.4, -0.2) is 56.5 Å². The molecule has 2 saturated heterocycles. The SMILES string of the molecule is CC1(C)CC(COC2CNC(c3nc4c(C(N)=O)cccc4[nH]3)C2)C(C)(C)N1O. The molecule has 2 aliphatic rings. The maximum atomic E-state index is 11.6. The van der Waals surface area contributed by atoms with E-state index >= 15 is 0 Å². The minimum Gasteiger partial charge on any atom is -0.376 e. The minimum absolute atomic E-state index is 0.0375. The Bertz CT molecular complexity index is 922. The van der Waals surface area contributed by atoms with Gasteiger partial charge in [0.15, 0.2) is 0 Å². The first kappa shape index (κ1) is 20.3. The number of hydroxylamine groups is 2. The Morgan fingerprint density at radius 2 is 2.14 bits per heavy atom. The van der Waals surface area contributed by atoms with Crippen LogP contribution in [0.5, 0.6) is 0 Å². The Hall–Kier alpha value is -2.00. The van der Waals surface area contributed by atoms with Crippen molar-refractivity contribution in [2.75, 3.05) is 13.2 Å². The molecule has 8 nitrogen and oxygen atoms in total. The smallest absolute Gasteiger partial charge is 0.250 e. The van der Waals surface area contributed by atoms with Gasteiger partial charge in [0.1, 0.15) is 11.3 Å². The monoisotopic (exact) mass is 401 g/mol. The molecule has 3 unspecified atom stereocenters. The molecule has 2 aliphatic heterocycles. The molecule has 1 amide bonds. The molecule has 1 aromatic heterocycles. The summed E-state index contributed by atoms with van der Waals surface area (Å²) in [5.41, 5.74) is 6.74. The van der Waals surface area contributed by atoms with Crippen LogP contribution >= 0.6 is 0 Å². The summed E-state index contributed by atoms with van der Waals surface area (Å²) < 4.78 is 6.24. The number of aromatic amines is 1. The summed E-state index contributed by atoms with van der Waals surface area (Å²) in [5.74, 6) is 0.573. The summed E-state index contributed by atoms with van der Waals surface area (Å²) in [6.07, 6.45) is 1.76. The van der Waals surface area contributed by atoms with Crippen LogP contribution in [0.25, 0.3) is 11.0 Å². The van der Waals surface area contributed by atoms with Gasteiger partial charge in [-0.05, 0) is 52.7 Å². The number of fused-ring (bicyclic) bond motifs is 1. The molecule has 0 spiro atoms. The molecule has 158 valence electrons. The van der Waals surface area contributed by atoms with Crippen molar-refractivity contribution < 1.29 is 14.7 Å². The average Bonchev–Trinajstić information content (AvgIpc) is 3.32. The number of carbonyl (C=O) groups is 1. The lowest BCUT2D eigenvalue weighted by Gasteiger charge is -2.36. The molecule has 2 aromatic rings. The van der Waals surface area contributed by atoms with Gasteiger partial charge in [-0.2, -0.15) is 5.06 Å². The first-order valence-corrected chi connectivity index (χ1v) is 10.2. The third kappa shape index (κ3) is 3.54. The van der Waals surface area contributed by atoms with Crippen molar-refractivity contribution in [2.45, 2.75) is 63.8 Å².